The summed E-state index contributed by atoms with van der Waals surface area (Å²) in [5, 5.41) is 21.2. The van der Waals surface area contributed by atoms with Crippen LogP contribution in [0.2, 0.25) is 0 Å². The van der Waals surface area contributed by atoms with Crippen molar-refractivity contribution in [3.8, 4) is 5.69 Å². The van der Waals surface area contributed by atoms with Crippen molar-refractivity contribution >= 4 is 29.1 Å². The van der Waals surface area contributed by atoms with Gasteiger partial charge in [-0.3, -0.25) is 14.9 Å². The van der Waals surface area contributed by atoms with Gasteiger partial charge in [0.15, 0.2) is 0 Å². The van der Waals surface area contributed by atoms with Crippen molar-refractivity contribution in [3.05, 3.63) is 76.5 Å². The molecule has 0 saturated carbocycles. The van der Waals surface area contributed by atoms with E-state index in [0.717, 1.165) is 24.2 Å². The lowest BCUT2D eigenvalue weighted by Gasteiger charge is -2.22. The molecule has 0 aliphatic carbocycles. The van der Waals surface area contributed by atoms with Gasteiger partial charge in [-0.2, -0.15) is 5.10 Å². The fourth-order valence-electron chi connectivity index (χ4n) is 3.43. The van der Waals surface area contributed by atoms with E-state index >= 15 is 0 Å². The summed E-state index contributed by atoms with van der Waals surface area (Å²) < 4.78 is 1.69. The van der Waals surface area contributed by atoms with Crippen LogP contribution in [0, 0.1) is 10.1 Å². The topological polar surface area (TPSA) is 122 Å². The van der Waals surface area contributed by atoms with Crippen LogP contribution in [0.5, 0.6) is 0 Å². The summed E-state index contributed by atoms with van der Waals surface area (Å²) in [4.78, 5) is 37.8. The Hall–Kier alpha value is -4.21. The lowest BCUT2D eigenvalue weighted by Crippen LogP contribution is -2.41. The second-order valence-corrected chi connectivity index (χ2v) is 9.47. The van der Waals surface area contributed by atoms with E-state index in [9.17, 15) is 19.7 Å². The van der Waals surface area contributed by atoms with Crippen molar-refractivity contribution in [1.29, 1.82) is 0 Å². The van der Waals surface area contributed by atoms with Gasteiger partial charge in [-0.25, -0.2) is 9.48 Å². The Labute approximate surface area is 210 Å². The number of hydrogen-bond acceptors (Lipinski definition) is 5. The molecule has 0 aliphatic rings. The first-order chi connectivity index (χ1) is 17.1. The lowest BCUT2D eigenvalue weighted by molar-refractivity contribution is -0.384. The predicted molar refractivity (Wildman–Crippen MR) is 139 cm³/mol. The molecule has 10 heteroatoms. The van der Waals surface area contributed by atoms with Crippen molar-refractivity contribution in [3.63, 3.8) is 0 Å². The number of nitrogens with one attached hydrogen (secondary N) is 2. The predicted octanol–water partition coefficient (Wildman–Crippen LogP) is 5.35. The van der Waals surface area contributed by atoms with Gasteiger partial charge in [-0.05, 0) is 30.7 Å². The number of carbonyl (C=O) groups excluding carboxylic acids is 2. The Balaban J connectivity index is 1.76. The number of nitro benzene ring substituents is 1. The Morgan fingerprint density at radius 2 is 1.72 bits per heavy atom. The average Bonchev–Trinajstić information content (AvgIpc) is 3.27. The van der Waals surface area contributed by atoms with Gasteiger partial charge < -0.3 is 15.5 Å². The van der Waals surface area contributed by atoms with Crippen molar-refractivity contribution in [2.75, 3.05) is 23.7 Å². The highest BCUT2D eigenvalue weighted by atomic mass is 16.6. The molecular weight excluding hydrogens is 460 g/mol. The molecule has 0 fully saturated rings. The van der Waals surface area contributed by atoms with Gasteiger partial charge in [0.1, 0.15) is 12.4 Å². The third kappa shape index (κ3) is 6.91. The number of amides is 3. The molecule has 3 rings (SSSR count). The fourth-order valence-corrected chi connectivity index (χ4v) is 3.43. The lowest BCUT2D eigenvalue weighted by atomic mass is 9.92. The SMILES string of the molecule is CCCCN(CC(=O)Nc1cc(C(C)(C)C)nn1-c1ccccc1)C(=O)Nc1ccc([N+](=O)[O-])cc1. The number of non-ortho nitro benzene ring substituents is 1. The molecule has 10 nitrogen and oxygen atoms in total. The van der Waals surface area contributed by atoms with Crippen LogP contribution in [-0.4, -0.2) is 44.6 Å². The standard InChI is InChI=1S/C26H32N6O4/c1-5-6-16-30(25(34)27-19-12-14-21(15-13-19)32(35)36)18-24(33)28-23-17-22(26(2,3)4)29-31(23)20-10-8-7-9-11-20/h7-15,17H,5-6,16,18H2,1-4H3,(H,27,34)(H,28,33). The molecule has 0 aliphatic heterocycles. The third-order valence-electron chi connectivity index (χ3n) is 5.48. The zero-order valence-corrected chi connectivity index (χ0v) is 21.0. The zero-order valence-electron chi connectivity index (χ0n) is 21.0. The van der Waals surface area contributed by atoms with Gasteiger partial charge in [-0.15, -0.1) is 0 Å². The Morgan fingerprint density at radius 3 is 2.31 bits per heavy atom. The normalized spacial score (nSPS) is 11.1. The molecule has 1 heterocycles. The van der Waals surface area contributed by atoms with E-state index in [-0.39, 0.29) is 23.6 Å². The minimum atomic E-state index is -0.505. The van der Waals surface area contributed by atoms with Gasteiger partial charge in [0.2, 0.25) is 5.91 Å². The molecular formula is C26H32N6O4. The van der Waals surface area contributed by atoms with Crippen LogP contribution < -0.4 is 10.6 Å². The maximum atomic E-state index is 13.1. The number of unbranched alkanes of at least 4 members (excludes halogenated alkanes) is 1. The number of benzene rings is 2. The van der Waals surface area contributed by atoms with E-state index in [2.05, 4.69) is 10.6 Å². The summed E-state index contributed by atoms with van der Waals surface area (Å²) in [7, 11) is 0. The number of urea groups is 1. The Morgan fingerprint density at radius 1 is 1.06 bits per heavy atom. The summed E-state index contributed by atoms with van der Waals surface area (Å²) in [6.07, 6.45) is 1.57. The second-order valence-electron chi connectivity index (χ2n) is 9.47. The average molecular weight is 493 g/mol. The van der Waals surface area contributed by atoms with Crippen LogP contribution in [-0.2, 0) is 10.2 Å². The van der Waals surface area contributed by atoms with Crippen LogP contribution in [0.15, 0.2) is 60.7 Å². The summed E-state index contributed by atoms with van der Waals surface area (Å²) in [6.45, 7) is 8.36. The minimum absolute atomic E-state index is 0.0696. The van der Waals surface area contributed by atoms with E-state index in [1.54, 1.807) is 4.68 Å². The van der Waals surface area contributed by atoms with Crippen LogP contribution >= 0.6 is 0 Å². The molecule has 190 valence electrons. The highest BCUT2D eigenvalue weighted by Gasteiger charge is 2.23. The van der Waals surface area contributed by atoms with Crippen molar-refractivity contribution < 1.29 is 14.5 Å². The van der Waals surface area contributed by atoms with Gasteiger partial charge in [0.05, 0.1) is 16.3 Å². The molecule has 0 unspecified atom stereocenters. The zero-order chi connectivity index (χ0) is 26.3. The van der Waals surface area contributed by atoms with Gasteiger partial charge in [0, 0.05) is 35.8 Å². The number of nitrogens with zero attached hydrogens (tertiary/aromatic N) is 4. The van der Waals surface area contributed by atoms with Crippen LogP contribution in [0.3, 0.4) is 0 Å². The largest absolute Gasteiger partial charge is 0.322 e. The highest BCUT2D eigenvalue weighted by molar-refractivity contribution is 5.96. The smallest absolute Gasteiger partial charge is 0.315 e. The minimum Gasteiger partial charge on any atom is -0.315 e. The summed E-state index contributed by atoms with van der Waals surface area (Å²) in [5.74, 6) is 0.157. The highest BCUT2D eigenvalue weighted by Crippen LogP contribution is 2.26. The van der Waals surface area contributed by atoms with Crippen molar-refractivity contribution in [2.24, 2.45) is 0 Å². The van der Waals surface area contributed by atoms with E-state index in [0.29, 0.717) is 18.1 Å². The molecule has 2 N–H and O–H groups in total. The Kier molecular flexibility index (Phi) is 8.42. The van der Waals surface area contributed by atoms with Gasteiger partial charge in [-0.1, -0.05) is 52.3 Å². The molecule has 0 spiro atoms. The monoisotopic (exact) mass is 492 g/mol. The second kappa shape index (κ2) is 11.5. The molecule has 3 amide bonds. The van der Waals surface area contributed by atoms with E-state index in [1.165, 1.54) is 29.2 Å². The van der Waals surface area contributed by atoms with Crippen molar-refractivity contribution in [2.45, 2.75) is 46.0 Å². The molecule has 1 aromatic heterocycles. The number of hydrogen-bond donors (Lipinski definition) is 2. The first kappa shape index (κ1) is 26.4. The van der Waals surface area contributed by atoms with Crippen LogP contribution in [0.1, 0.15) is 46.2 Å². The summed E-state index contributed by atoms with van der Waals surface area (Å²) in [6, 6.07) is 16.4. The molecule has 0 saturated heterocycles. The van der Waals surface area contributed by atoms with E-state index < -0.39 is 11.0 Å². The number of carbonyl (C=O) groups is 2. The molecule has 2 aromatic carbocycles. The third-order valence-corrected chi connectivity index (χ3v) is 5.48. The molecule has 0 atom stereocenters. The summed E-state index contributed by atoms with van der Waals surface area (Å²) >= 11 is 0. The summed E-state index contributed by atoms with van der Waals surface area (Å²) in [5.41, 5.74) is 1.74. The number of para-hydroxylation sites is 1. The first-order valence-corrected chi connectivity index (χ1v) is 11.8. The molecule has 0 bridgehead atoms. The Bertz CT molecular complexity index is 1200. The number of nitro groups is 1. The maximum Gasteiger partial charge on any atom is 0.322 e. The van der Waals surface area contributed by atoms with E-state index in [4.69, 9.17) is 5.10 Å². The fraction of sp³-hybridized carbons (Fsp3) is 0.346. The van der Waals surface area contributed by atoms with Crippen LogP contribution in [0.25, 0.3) is 5.69 Å². The maximum absolute atomic E-state index is 13.1. The number of rotatable bonds is 9. The molecule has 36 heavy (non-hydrogen) atoms. The van der Waals surface area contributed by atoms with Crippen molar-refractivity contribution in [1.82, 2.24) is 14.7 Å². The van der Waals surface area contributed by atoms with Gasteiger partial charge in [0.25, 0.3) is 5.69 Å². The molecule has 3 aromatic rings. The molecule has 0 radical (unpaired) electrons. The first-order valence-electron chi connectivity index (χ1n) is 11.8. The number of aromatic nitrogens is 2. The van der Waals surface area contributed by atoms with Crippen LogP contribution in [0.4, 0.5) is 22.0 Å². The number of anilines is 2. The van der Waals surface area contributed by atoms with Gasteiger partial charge >= 0.3 is 6.03 Å². The quantitative estimate of drug-likeness (QED) is 0.308. The van der Waals surface area contributed by atoms with E-state index in [1.807, 2.05) is 64.1 Å².